The van der Waals surface area contributed by atoms with Crippen LogP contribution in [0.2, 0.25) is 65.0 Å². The van der Waals surface area contributed by atoms with E-state index in [4.69, 9.17) is 12.3 Å². The lowest BCUT2D eigenvalue weighted by Crippen LogP contribution is -2.60. The Kier molecular flexibility index (Phi) is 9.14. The van der Waals surface area contributed by atoms with Crippen LogP contribution < -0.4 is 0 Å². The van der Waals surface area contributed by atoms with Gasteiger partial charge in [0.05, 0.1) is 6.61 Å². The van der Waals surface area contributed by atoms with Gasteiger partial charge in [0.1, 0.15) is 0 Å². The second-order valence-corrected chi connectivity index (χ2v) is 26.5. The lowest BCUT2D eigenvalue weighted by atomic mass is 10.0. The zero-order chi connectivity index (χ0) is 20.2. The maximum absolute atomic E-state index is 10.9. The SMILES string of the molecule is C[Si](C)(C)O[Si](CCCC(O)([C]=O)CO)(O[Si](C)(C)C)O[Si](C)(C)C. The van der Waals surface area contributed by atoms with Gasteiger partial charge in [-0.3, -0.25) is 4.79 Å². The zero-order valence-electron chi connectivity index (χ0n) is 17.4. The van der Waals surface area contributed by atoms with Gasteiger partial charge in [0.25, 0.3) is 0 Å². The Morgan fingerprint density at radius 2 is 1.20 bits per heavy atom. The molecule has 0 saturated heterocycles. The summed E-state index contributed by atoms with van der Waals surface area (Å²) in [6, 6.07) is 0.524. The minimum atomic E-state index is -2.96. The number of hydrogen-bond acceptors (Lipinski definition) is 6. The monoisotopic (exact) mass is 425 g/mol. The molecule has 0 aliphatic heterocycles. The van der Waals surface area contributed by atoms with Crippen molar-refractivity contribution in [3.8, 4) is 0 Å². The van der Waals surface area contributed by atoms with Crippen LogP contribution in [0.25, 0.3) is 0 Å². The third-order valence-electron chi connectivity index (χ3n) is 2.91. The molecule has 10 heteroatoms. The molecule has 0 aromatic heterocycles. The number of hydrogen-bond donors (Lipinski definition) is 2. The Labute approximate surface area is 157 Å². The molecule has 0 heterocycles. The first-order chi connectivity index (χ1) is 10.9. The molecule has 0 rings (SSSR count). The van der Waals surface area contributed by atoms with E-state index in [-0.39, 0.29) is 6.42 Å². The molecule has 25 heavy (non-hydrogen) atoms. The van der Waals surface area contributed by atoms with Crippen molar-refractivity contribution in [2.24, 2.45) is 0 Å². The molecule has 0 amide bonds. The van der Waals surface area contributed by atoms with Gasteiger partial charge in [-0.25, -0.2) is 0 Å². The van der Waals surface area contributed by atoms with Crippen molar-refractivity contribution in [1.82, 2.24) is 0 Å². The summed E-state index contributed by atoms with van der Waals surface area (Å²) in [5.74, 6) is 0. The third-order valence-corrected chi connectivity index (χ3v) is 15.0. The number of aliphatic hydroxyl groups is 2. The molecule has 0 saturated carbocycles. The van der Waals surface area contributed by atoms with Crippen molar-refractivity contribution in [3.63, 3.8) is 0 Å². The summed E-state index contributed by atoms with van der Waals surface area (Å²) < 4.78 is 19.6. The lowest BCUT2D eigenvalue weighted by molar-refractivity contribution is 0.0342. The summed E-state index contributed by atoms with van der Waals surface area (Å²) in [7, 11) is -8.78. The van der Waals surface area contributed by atoms with Gasteiger partial charge in [-0.15, -0.1) is 0 Å². The van der Waals surface area contributed by atoms with Crippen LogP contribution in [0.1, 0.15) is 12.8 Å². The van der Waals surface area contributed by atoms with Crippen LogP contribution in [-0.4, -0.2) is 62.5 Å². The molecule has 2 N–H and O–H groups in total. The first kappa shape index (κ1) is 25.3. The molecule has 6 nitrogen and oxygen atoms in total. The minimum absolute atomic E-state index is 0.112. The Hall–Kier alpha value is 0.338. The summed E-state index contributed by atoms with van der Waals surface area (Å²) in [5, 5.41) is 19.2. The van der Waals surface area contributed by atoms with E-state index in [2.05, 4.69) is 58.9 Å². The highest BCUT2D eigenvalue weighted by Gasteiger charge is 2.49. The smallest absolute Gasteiger partial charge is 0.417 e. The second-order valence-electron chi connectivity index (χ2n) is 9.47. The highest BCUT2D eigenvalue weighted by Crippen LogP contribution is 2.31. The van der Waals surface area contributed by atoms with Crippen molar-refractivity contribution in [3.05, 3.63) is 0 Å². The van der Waals surface area contributed by atoms with Gasteiger partial charge in [-0.2, -0.15) is 0 Å². The van der Waals surface area contributed by atoms with Gasteiger partial charge in [-0.1, -0.05) is 0 Å². The average Bonchev–Trinajstić information content (AvgIpc) is 2.31. The molecule has 149 valence electrons. The summed E-state index contributed by atoms with van der Waals surface area (Å²) >= 11 is 0. The van der Waals surface area contributed by atoms with Crippen LogP contribution >= 0.6 is 0 Å². The quantitative estimate of drug-likeness (QED) is 0.467. The molecular formula is C15H37O6Si4. The van der Waals surface area contributed by atoms with Crippen LogP contribution in [0, 0.1) is 0 Å². The van der Waals surface area contributed by atoms with Crippen LogP contribution in [0.5, 0.6) is 0 Å². The maximum Gasteiger partial charge on any atom is 0.469 e. The number of aliphatic hydroxyl groups excluding tert-OH is 1. The van der Waals surface area contributed by atoms with E-state index < -0.39 is 46.0 Å². The fraction of sp³-hybridized carbons (Fsp3) is 0.933. The highest BCUT2D eigenvalue weighted by atomic mass is 28.5. The van der Waals surface area contributed by atoms with Crippen LogP contribution in [0.4, 0.5) is 0 Å². The second kappa shape index (κ2) is 9.02. The van der Waals surface area contributed by atoms with E-state index >= 15 is 0 Å². The molecule has 1 atom stereocenters. The fourth-order valence-electron chi connectivity index (χ4n) is 2.37. The Morgan fingerprint density at radius 3 is 1.44 bits per heavy atom. The molecule has 0 spiro atoms. The van der Waals surface area contributed by atoms with Gasteiger partial charge in [0.2, 0.25) is 6.29 Å². The van der Waals surface area contributed by atoms with Crippen molar-refractivity contribution in [1.29, 1.82) is 0 Å². The van der Waals surface area contributed by atoms with Gasteiger partial charge in [0, 0.05) is 6.04 Å². The first-order valence-electron chi connectivity index (χ1n) is 8.78. The molecule has 0 bridgehead atoms. The molecule has 1 unspecified atom stereocenters. The Balaban J connectivity index is 5.54. The molecule has 0 aliphatic carbocycles. The average molecular weight is 426 g/mol. The zero-order valence-corrected chi connectivity index (χ0v) is 21.4. The van der Waals surface area contributed by atoms with Crippen molar-refractivity contribution in [2.45, 2.75) is 83.4 Å². The largest absolute Gasteiger partial charge is 0.469 e. The minimum Gasteiger partial charge on any atom is -0.417 e. The van der Waals surface area contributed by atoms with Gasteiger partial charge in [-0.05, 0) is 71.8 Å². The normalized spacial score (nSPS) is 16.6. The van der Waals surface area contributed by atoms with E-state index in [0.29, 0.717) is 12.5 Å². The third kappa shape index (κ3) is 11.6. The fourth-order valence-corrected chi connectivity index (χ4v) is 17.0. The molecule has 0 aliphatic rings. The van der Waals surface area contributed by atoms with E-state index in [1.807, 2.05) is 0 Å². The predicted molar refractivity (Wildman–Crippen MR) is 111 cm³/mol. The topological polar surface area (TPSA) is 85.2 Å². The molecular weight excluding hydrogens is 389 g/mol. The molecule has 0 fully saturated rings. The summed E-state index contributed by atoms with van der Waals surface area (Å²) in [4.78, 5) is 10.9. The van der Waals surface area contributed by atoms with Crippen LogP contribution in [0.15, 0.2) is 0 Å². The van der Waals surface area contributed by atoms with E-state index in [1.54, 1.807) is 0 Å². The van der Waals surface area contributed by atoms with E-state index in [1.165, 1.54) is 6.29 Å². The molecule has 1 radical (unpaired) electrons. The van der Waals surface area contributed by atoms with Gasteiger partial charge >= 0.3 is 8.80 Å². The molecule has 0 aromatic carbocycles. The highest BCUT2D eigenvalue weighted by molar-refractivity contribution is 6.90. The standard InChI is InChI=1S/C15H37O6Si4/c1-22(2,3)19-25(20-23(4,5)6,21-24(7,8)9)12-10-11-15(18,13-16)14-17/h16,18H,10-13H2,1-9H3. The summed E-state index contributed by atoms with van der Waals surface area (Å²) in [6.07, 6.45) is 2.12. The van der Waals surface area contributed by atoms with Crippen LogP contribution in [-0.2, 0) is 17.1 Å². The van der Waals surface area contributed by atoms with E-state index in [9.17, 15) is 15.0 Å². The lowest BCUT2D eigenvalue weighted by Gasteiger charge is -2.43. The van der Waals surface area contributed by atoms with Crippen molar-refractivity contribution < 1.29 is 27.4 Å². The Morgan fingerprint density at radius 1 is 0.840 bits per heavy atom. The Bertz CT molecular complexity index is 386. The number of carbonyl (C=O) groups excluding carboxylic acids is 1. The predicted octanol–water partition coefficient (Wildman–Crippen LogP) is 3.09. The number of rotatable bonds is 12. The van der Waals surface area contributed by atoms with E-state index in [0.717, 1.165) is 0 Å². The first-order valence-corrected chi connectivity index (χ1v) is 20.9. The van der Waals surface area contributed by atoms with Crippen molar-refractivity contribution >= 4 is 40.0 Å². The summed E-state index contributed by atoms with van der Waals surface area (Å²) in [6.45, 7) is 18.4. The van der Waals surface area contributed by atoms with Gasteiger partial charge < -0.3 is 22.6 Å². The van der Waals surface area contributed by atoms with Crippen molar-refractivity contribution in [2.75, 3.05) is 6.61 Å². The van der Waals surface area contributed by atoms with Crippen LogP contribution in [0.3, 0.4) is 0 Å². The summed E-state index contributed by atoms with van der Waals surface area (Å²) in [5.41, 5.74) is -1.82. The maximum atomic E-state index is 10.9. The van der Waals surface area contributed by atoms with Gasteiger partial charge in [0.15, 0.2) is 30.6 Å². The molecule has 0 aromatic rings.